The van der Waals surface area contributed by atoms with Crippen LogP contribution in [0, 0.1) is 11.8 Å². The number of thioether (sulfide) groups is 1. The molecular weight excluding hydrogens is 620 g/mol. The van der Waals surface area contributed by atoms with Gasteiger partial charge in [-0.15, -0.1) is 0 Å². The van der Waals surface area contributed by atoms with E-state index < -0.39 is 15.4 Å². The molecule has 6 rings (SSSR count). The minimum Gasteiger partial charge on any atom is -0.344 e. The van der Waals surface area contributed by atoms with Crippen molar-refractivity contribution < 1.29 is 12.9 Å². The average Bonchev–Trinajstić information content (AvgIpc) is 3.48. The van der Waals surface area contributed by atoms with Crippen molar-refractivity contribution in [3.8, 4) is 11.8 Å². The van der Waals surface area contributed by atoms with E-state index in [9.17, 15) is 13.2 Å². The lowest BCUT2D eigenvalue weighted by atomic mass is 10.1. The molecule has 1 fully saturated rings. The molecule has 10 nitrogen and oxygen atoms in total. The van der Waals surface area contributed by atoms with Crippen LogP contribution in [0.5, 0.6) is 0 Å². The summed E-state index contributed by atoms with van der Waals surface area (Å²) in [4.78, 5) is 25.3. The molecule has 1 unspecified atom stereocenters. The zero-order valence-corrected chi connectivity index (χ0v) is 26.2. The predicted molar refractivity (Wildman–Crippen MR) is 172 cm³/mol. The smallest absolute Gasteiger partial charge is 0.268 e. The number of likely N-dealkylation sites (N-methyl/N-ethyl adjacent to an activating group) is 1. The highest BCUT2D eigenvalue weighted by atomic mass is 35.5. The van der Waals surface area contributed by atoms with E-state index in [0.29, 0.717) is 26.9 Å². The number of anilines is 2. The first-order valence-corrected chi connectivity index (χ1v) is 16.9. The van der Waals surface area contributed by atoms with E-state index in [4.69, 9.17) is 16.1 Å². The van der Waals surface area contributed by atoms with Crippen LogP contribution in [0.1, 0.15) is 27.5 Å². The number of hydrogen-bond acceptors (Lipinski definition) is 10. The second kappa shape index (κ2) is 12.5. The third-order valence-electron chi connectivity index (χ3n) is 7.09. The Morgan fingerprint density at radius 1 is 1.11 bits per heavy atom. The monoisotopic (exact) mass is 646 g/mol. The van der Waals surface area contributed by atoms with Gasteiger partial charge in [0.2, 0.25) is 15.8 Å². The first-order valence-electron chi connectivity index (χ1n) is 13.6. The largest absolute Gasteiger partial charge is 0.344 e. The van der Waals surface area contributed by atoms with Crippen LogP contribution < -0.4 is 10.9 Å². The molecule has 224 valence electrons. The van der Waals surface area contributed by atoms with Gasteiger partial charge in [-0.25, -0.2) is 13.4 Å². The molecule has 0 aliphatic carbocycles. The summed E-state index contributed by atoms with van der Waals surface area (Å²) < 4.78 is 31.0. The Morgan fingerprint density at radius 3 is 2.61 bits per heavy atom. The number of pyridine rings is 1. The Morgan fingerprint density at radius 2 is 1.89 bits per heavy atom. The van der Waals surface area contributed by atoms with Crippen LogP contribution >= 0.6 is 23.4 Å². The summed E-state index contributed by atoms with van der Waals surface area (Å²) in [6, 6.07) is 16.7. The topological polar surface area (TPSA) is 123 Å². The minimum absolute atomic E-state index is 0.156. The van der Waals surface area contributed by atoms with Crippen LogP contribution in [0.4, 0.5) is 11.6 Å². The number of aromatic nitrogens is 4. The fraction of sp³-hybridized carbons (Fsp3) is 0.226. The molecule has 1 N–H and O–H groups in total. The van der Waals surface area contributed by atoms with Gasteiger partial charge in [0, 0.05) is 58.2 Å². The molecule has 0 saturated carbocycles. The molecule has 2 aromatic carbocycles. The van der Waals surface area contributed by atoms with Crippen molar-refractivity contribution in [2.45, 2.75) is 16.9 Å². The van der Waals surface area contributed by atoms with Crippen molar-refractivity contribution in [2.24, 2.45) is 0 Å². The summed E-state index contributed by atoms with van der Waals surface area (Å²) in [6.07, 6.45) is 3.90. The van der Waals surface area contributed by atoms with Crippen LogP contribution in [-0.4, -0.2) is 65.2 Å². The third kappa shape index (κ3) is 6.66. The number of halogens is 1. The Kier molecular flexibility index (Phi) is 8.46. The standard InChI is InChI=1S/C31H27ClN6O4S2/c1-37-13-14-43-27(19-37)21-7-11-26(12-8-21)35-31-33-16-23-15-22(6-3-20-4-9-25(32)10-5-20)29(39)38(28(23)36-31)18-24-17-34-42-30(24)44(2,40)41/h4-5,7-12,15-17,27H,13-14,18-19H2,1-2H3,(H,33,35,36). The quantitative estimate of drug-likeness (QED) is 0.259. The first-order chi connectivity index (χ1) is 21.1. The number of nitrogens with one attached hydrogen (secondary N) is 1. The Hall–Kier alpha value is -4.15. The van der Waals surface area contributed by atoms with Crippen molar-refractivity contribution in [3.63, 3.8) is 0 Å². The van der Waals surface area contributed by atoms with E-state index in [1.165, 1.54) is 16.3 Å². The van der Waals surface area contributed by atoms with Crippen LogP contribution in [-0.2, 0) is 16.4 Å². The Labute approximate surface area is 263 Å². The second-order valence-corrected chi connectivity index (χ2v) is 14.1. The average molecular weight is 647 g/mol. The molecule has 13 heteroatoms. The van der Waals surface area contributed by atoms with E-state index in [0.717, 1.165) is 30.8 Å². The van der Waals surface area contributed by atoms with Crippen molar-refractivity contribution in [1.29, 1.82) is 0 Å². The highest BCUT2D eigenvalue weighted by Gasteiger charge is 2.22. The number of sulfone groups is 1. The van der Waals surface area contributed by atoms with Crippen molar-refractivity contribution in [3.05, 3.63) is 105 Å². The molecule has 1 aliphatic rings. The first kappa shape index (κ1) is 29.9. The molecule has 1 saturated heterocycles. The number of hydrogen-bond donors (Lipinski definition) is 1. The van der Waals surface area contributed by atoms with Gasteiger partial charge >= 0.3 is 0 Å². The number of benzene rings is 2. The lowest BCUT2D eigenvalue weighted by molar-refractivity contribution is 0.336. The SMILES string of the molecule is CN1CCSC(c2ccc(Nc3ncc4cc(C#Cc5ccc(Cl)cc5)c(=O)n(Cc5cnoc5S(C)(=O)=O)c4n3)cc2)C1. The predicted octanol–water partition coefficient (Wildman–Crippen LogP) is 4.75. The normalized spacial score (nSPS) is 15.6. The molecule has 0 spiro atoms. The Bertz CT molecular complexity index is 2070. The Balaban J connectivity index is 1.37. The molecule has 44 heavy (non-hydrogen) atoms. The van der Waals surface area contributed by atoms with Gasteiger partial charge in [0.05, 0.1) is 23.9 Å². The van der Waals surface area contributed by atoms with E-state index >= 15 is 0 Å². The van der Waals surface area contributed by atoms with E-state index in [2.05, 4.69) is 56.4 Å². The lowest BCUT2D eigenvalue weighted by Gasteiger charge is -2.29. The van der Waals surface area contributed by atoms with Crippen molar-refractivity contribution in [2.75, 3.05) is 37.5 Å². The zero-order valence-electron chi connectivity index (χ0n) is 23.8. The highest BCUT2D eigenvalue weighted by Crippen LogP contribution is 2.33. The molecular formula is C31H27ClN6O4S2. The summed E-state index contributed by atoms with van der Waals surface area (Å²) >= 11 is 7.94. The molecule has 5 aromatic rings. The van der Waals surface area contributed by atoms with Gasteiger partial charge in [0.25, 0.3) is 10.7 Å². The summed E-state index contributed by atoms with van der Waals surface area (Å²) in [6.45, 7) is 1.94. The van der Waals surface area contributed by atoms with Gasteiger partial charge in [-0.3, -0.25) is 9.36 Å². The molecule has 0 bridgehead atoms. The molecule has 1 atom stereocenters. The van der Waals surface area contributed by atoms with Gasteiger partial charge in [-0.1, -0.05) is 40.7 Å². The van der Waals surface area contributed by atoms with Crippen LogP contribution in [0.25, 0.3) is 11.0 Å². The van der Waals surface area contributed by atoms with Gasteiger partial charge < -0.3 is 14.7 Å². The summed E-state index contributed by atoms with van der Waals surface area (Å²) in [5, 5.41) is 8.10. The van der Waals surface area contributed by atoms with E-state index in [1.807, 2.05) is 23.9 Å². The molecule has 0 amide bonds. The number of fused-ring (bicyclic) bond motifs is 1. The van der Waals surface area contributed by atoms with E-state index in [-0.39, 0.29) is 28.7 Å². The highest BCUT2D eigenvalue weighted by molar-refractivity contribution is 7.99. The maximum Gasteiger partial charge on any atom is 0.268 e. The molecule has 1 aliphatic heterocycles. The second-order valence-electron chi connectivity index (χ2n) is 10.5. The lowest BCUT2D eigenvalue weighted by Crippen LogP contribution is -2.30. The third-order valence-corrected chi connectivity index (χ3v) is 9.60. The van der Waals surface area contributed by atoms with Crippen LogP contribution in [0.2, 0.25) is 5.02 Å². The van der Waals surface area contributed by atoms with Gasteiger partial charge in [-0.05, 0) is 55.1 Å². The zero-order chi connectivity index (χ0) is 30.8. The number of rotatable bonds is 6. The molecule has 0 radical (unpaired) electrons. The molecule has 4 heterocycles. The maximum atomic E-state index is 13.8. The van der Waals surface area contributed by atoms with Crippen molar-refractivity contribution in [1.82, 2.24) is 24.6 Å². The minimum atomic E-state index is -3.73. The maximum absolute atomic E-state index is 13.8. The summed E-state index contributed by atoms with van der Waals surface area (Å²) in [5.41, 5.74) is 2.97. The van der Waals surface area contributed by atoms with Crippen molar-refractivity contribution >= 4 is 55.9 Å². The van der Waals surface area contributed by atoms with Crippen LogP contribution in [0.3, 0.4) is 0 Å². The fourth-order valence-electron chi connectivity index (χ4n) is 4.85. The number of nitrogens with zero attached hydrogens (tertiary/aromatic N) is 5. The summed E-state index contributed by atoms with van der Waals surface area (Å²) in [5.74, 6) is 7.30. The fourth-order valence-corrected chi connectivity index (χ4v) is 7.16. The van der Waals surface area contributed by atoms with Crippen LogP contribution in [0.15, 0.2) is 81.4 Å². The van der Waals surface area contributed by atoms with Gasteiger partial charge in [0.15, 0.2) is 0 Å². The van der Waals surface area contributed by atoms with Gasteiger partial charge in [-0.2, -0.15) is 16.7 Å². The molecule has 3 aromatic heterocycles. The van der Waals surface area contributed by atoms with E-state index in [1.54, 1.807) is 36.5 Å². The van der Waals surface area contributed by atoms with Gasteiger partial charge in [0.1, 0.15) is 5.65 Å². The summed E-state index contributed by atoms with van der Waals surface area (Å²) in [7, 11) is -1.59.